The van der Waals surface area contributed by atoms with Crippen LogP contribution >= 0.6 is 0 Å². The number of nitrogens with one attached hydrogen (secondary N) is 1. The number of piperazine rings is 1. The summed E-state index contributed by atoms with van der Waals surface area (Å²) in [7, 11) is 0. The van der Waals surface area contributed by atoms with Crippen molar-refractivity contribution in [3.8, 4) is 0 Å². The maximum Gasteiger partial charge on any atom is 0.264 e. The lowest BCUT2D eigenvalue weighted by atomic mass is 10.0. The normalized spacial score (nSPS) is 23.5. The molecule has 148 valence electrons. The van der Waals surface area contributed by atoms with Gasteiger partial charge in [-0.15, -0.1) is 0 Å². The molecule has 1 atom stereocenters. The summed E-state index contributed by atoms with van der Waals surface area (Å²) in [6.07, 6.45) is 0.284. The SMILES string of the molecule is CC(C)N1CCN(c2cccc3c2C(=O)N(C2CCC(=O)NC2=O)C3=O)CC1. The van der Waals surface area contributed by atoms with E-state index in [0.717, 1.165) is 36.8 Å². The number of carbonyl (C=O) groups excluding carboxylic acids is 4. The first-order valence-electron chi connectivity index (χ1n) is 9.72. The van der Waals surface area contributed by atoms with Crippen LogP contribution in [0.15, 0.2) is 18.2 Å². The molecule has 0 saturated carbocycles. The van der Waals surface area contributed by atoms with Gasteiger partial charge < -0.3 is 4.90 Å². The third-order valence-electron chi connectivity index (χ3n) is 5.83. The molecule has 1 N–H and O–H groups in total. The van der Waals surface area contributed by atoms with E-state index in [-0.39, 0.29) is 18.7 Å². The zero-order valence-corrected chi connectivity index (χ0v) is 16.1. The summed E-state index contributed by atoms with van der Waals surface area (Å²) in [5.74, 6) is -1.87. The number of anilines is 1. The van der Waals surface area contributed by atoms with Crippen molar-refractivity contribution >= 4 is 29.3 Å². The second-order valence-electron chi connectivity index (χ2n) is 7.76. The number of nitrogens with zero attached hydrogens (tertiary/aromatic N) is 3. The van der Waals surface area contributed by atoms with Crippen LogP contribution in [0, 0.1) is 0 Å². The molecule has 3 aliphatic heterocycles. The van der Waals surface area contributed by atoms with E-state index < -0.39 is 23.8 Å². The number of hydrogen-bond donors (Lipinski definition) is 1. The number of hydrogen-bond acceptors (Lipinski definition) is 6. The van der Waals surface area contributed by atoms with Gasteiger partial charge in [0.15, 0.2) is 0 Å². The van der Waals surface area contributed by atoms with Gasteiger partial charge >= 0.3 is 0 Å². The highest BCUT2D eigenvalue weighted by molar-refractivity contribution is 6.25. The lowest BCUT2D eigenvalue weighted by Gasteiger charge is -2.38. The number of benzene rings is 1. The van der Waals surface area contributed by atoms with E-state index in [2.05, 4.69) is 29.0 Å². The highest BCUT2D eigenvalue weighted by Gasteiger charge is 2.46. The zero-order chi connectivity index (χ0) is 20.0. The molecule has 8 heteroatoms. The van der Waals surface area contributed by atoms with Gasteiger partial charge in [-0.3, -0.25) is 34.3 Å². The number of fused-ring (bicyclic) bond motifs is 1. The van der Waals surface area contributed by atoms with Crippen molar-refractivity contribution in [2.75, 3.05) is 31.1 Å². The lowest BCUT2D eigenvalue weighted by molar-refractivity contribution is -0.136. The maximum absolute atomic E-state index is 13.2. The van der Waals surface area contributed by atoms with E-state index in [0.29, 0.717) is 17.2 Å². The molecule has 1 unspecified atom stereocenters. The fraction of sp³-hybridized carbons (Fsp3) is 0.500. The van der Waals surface area contributed by atoms with E-state index >= 15 is 0 Å². The number of amides is 4. The summed E-state index contributed by atoms with van der Waals surface area (Å²) < 4.78 is 0. The van der Waals surface area contributed by atoms with Crippen LogP contribution in [0.4, 0.5) is 5.69 Å². The molecule has 4 rings (SSSR count). The Balaban J connectivity index is 1.62. The third-order valence-corrected chi connectivity index (χ3v) is 5.83. The van der Waals surface area contributed by atoms with Crippen LogP contribution in [0.3, 0.4) is 0 Å². The lowest BCUT2D eigenvalue weighted by Crippen LogP contribution is -2.54. The van der Waals surface area contributed by atoms with Crippen molar-refractivity contribution in [2.45, 2.75) is 38.8 Å². The second kappa shape index (κ2) is 7.01. The van der Waals surface area contributed by atoms with Crippen LogP contribution in [0.25, 0.3) is 0 Å². The van der Waals surface area contributed by atoms with Gasteiger partial charge in [0.05, 0.1) is 16.8 Å². The molecule has 0 spiro atoms. The smallest absolute Gasteiger partial charge is 0.264 e. The van der Waals surface area contributed by atoms with Crippen molar-refractivity contribution in [3.05, 3.63) is 29.3 Å². The highest BCUT2D eigenvalue weighted by atomic mass is 16.2. The van der Waals surface area contributed by atoms with Crippen LogP contribution in [-0.4, -0.2) is 71.7 Å². The van der Waals surface area contributed by atoms with Crippen molar-refractivity contribution in [3.63, 3.8) is 0 Å². The van der Waals surface area contributed by atoms with Crippen LogP contribution < -0.4 is 10.2 Å². The molecule has 2 fully saturated rings. The standard InChI is InChI=1S/C20H24N4O4/c1-12(2)22-8-10-23(11-9-22)14-5-3-4-13-17(14)20(28)24(19(13)27)15-6-7-16(25)21-18(15)26/h3-5,12,15H,6-11H2,1-2H3,(H,21,25,26). The van der Waals surface area contributed by atoms with E-state index in [9.17, 15) is 19.2 Å². The van der Waals surface area contributed by atoms with E-state index in [1.165, 1.54) is 0 Å². The number of carbonyl (C=O) groups is 4. The zero-order valence-electron chi connectivity index (χ0n) is 16.1. The van der Waals surface area contributed by atoms with Crippen LogP contribution in [-0.2, 0) is 9.59 Å². The quantitative estimate of drug-likeness (QED) is 0.769. The van der Waals surface area contributed by atoms with Crippen LogP contribution in [0.1, 0.15) is 47.4 Å². The number of imide groups is 2. The molecule has 3 aliphatic rings. The summed E-state index contributed by atoms with van der Waals surface area (Å²) in [4.78, 5) is 55.3. The average Bonchev–Trinajstić information content (AvgIpc) is 2.93. The summed E-state index contributed by atoms with van der Waals surface area (Å²) in [5, 5.41) is 2.23. The fourth-order valence-corrected chi connectivity index (χ4v) is 4.24. The highest BCUT2D eigenvalue weighted by Crippen LogP contribution is 2.34. The Hall–Kier alpha value is -2.74. The van der Waals surface area contributed by atoms with Crippen LogP contribution in [0.2, 0.25) is 0 Å². The molecule has 1 aromatic rings. The van der Waals surface area contributed by atoms with Gasteiger partial charge in [-0.05, 0) is 32.4 Å². The van der Waals surface area contributed by atoms with Gasteiger partial charge in [-0.25, -0.2) is 0 Å². The molecule has 0 bridgehead atoms. The van der Waals surface area contributed by atoms with Gasteiger partial charge in [0.2, 0.25) is 11.8 Å². The first-order valence-corrected chi connectivity index (χ1v) is 9.72. The molecule has 28 heavy (non-hydrogen) atoms. The van der Waals surface area contributed by atoms with E-state index in [1.54, 1.807) is 12.1 Å². The minimum Gasteiger partial charge on any atom is -0.368 e. The predicted molar refractivity (Wildman–Crippen MR) is 102 cm³/mol. The largest absolute Gasteiger partial charge is 0.368 e. The predicted octanol–water partition coefficient (Wildman–Crippen LogP) is 0.618. The molecule has 1 aromatic carbocycles. The van der Waals surface area contributed by atoms with Crippen molar-refractivity contribution in [2.24, 2.45) is 0 Å². The molecule has 4 amide bonds. The van der Waals surface area contributed by atoms with Crippen molar-refractivity contribution in [1.29, 1.82) is 0 Å². The topological polar surface area (TPSA) is 90.0 Å². The molecule has 0 aliphatic carbocycles. The van der Waals surface area contributed by atoms with E-state index in [4.69, 9.17) is 0 Å². The van der Waals surface area contributed by atoms with Gasteiger partial charge in [0.1, 0.15) is 6.04 Å². The fourth-order valence-electron chi connectivity index (χ4n) is 4.24. The molecule has 3 heterocycles. The molecule has 0 aromatic heterocycles. The Morgan fingerprint density at radius 2 is 1.71 bits per heavy atom. The minimum absolute atomic E-state index is 0.119. The molecular weight excluding hydrogens is 360 g/mol. The van der Waals surface area contributed by atoms with Crippen molar-refractivity contribution in [1.82, 2.24) is 15.1 Å². The Labute approximate surface area is 163 Å². The second-order valence-corrected chi connectivity index (χ2v) is 7.76. The summed E-state index contributed by atoms with van der Waals surface area (Å²) >= 11 is 0. The Morgan fingerprint density at radius 1 is 1.00 bits per heavy atom. The van der Waals surface area contributed by atoms with Gasteiger partial charge in [0.25, 0.3) is 11.8 Å². The van der Waals surface area contributed by atoms with Crippen LogP contribution in [0.5, 0.6) is 0 Å². The first-order chi connectivity index (χ1) is 13.4. The summed E-state index contributed by atoms with van der Waals surface area (Å²) in [6.45, 7) is 7.65. The monoisotopic (exact) mass is 384 g/mol. The molecule has 8 nitrogen and oxygen atoms in total. The average molecular weight is 384 g/mol. The van der Waals surface area contributed by atoms with Gasteiger partial charge in [0, 0.05) is 38.6 Å². The summed E-state index contributed by atoms with van der Waals surface area (Å²) in [6, 6.07) is 4.81. The molecular formula is C20H24N4O4. The number of rotatable bonds is 3. The molecule has 2 saturated heterocycles. The maximum atomic E-state index is 13.2. The third kappa shape index (κ3) is 2.97. The molecule has 0 radical (unpaired) electrons. The van der Waals surface area contributed by atoms with Gasteiger partial charge in [-0.2, -0.15) is 0 Å². The minimum atomic E-state index is -0.935. The van der Waals surface area contributed by atoms with Crippen molar-refractivity contribution < 1.29 is 19.2 Å². The Bertz CT molecular complexity index is 858. The number of piperidine rings is 1. The Kier molecular flexibility index (Phi) is 4.66. The first kappa shape index (κ1) is 18.6. The van der Waals surface area contributed by atoms with E-state index in [1.807, 2.05) is 6.07 Å². The van der Waals surface area contributed by atoms with Gasteiger partial charge in [-0.1, -0.05) is 6.07 Å². The summed E-state index contributed by atoms with van der Waals surface area (Å²) in [5.41, 5.74) is 1.45. The Morgan fingerprint density at radius 3 is 2.36 bits per heavy atom.